The standard InChI is InChI=1S/C10H22O2/c1-8(2)5-6-10(11)7-12-9(3)4/h8-11H,5-7H2,1-4H3. The van der Waals surface area contributed by atoms with Gasteiger partial charge in [0.25, 0.3) is 0 Å². The van der Waals surface area contributed by atoms with Crippen LogP contribution in [0.15, 0.2) is 0 Å². The van der Waals surface area contributed by atoms with Gasteiger partial charge in [0.05, 0.1) is 18.8 Å². The molecule has 0 aromatic carbocycles. The molecule has 0 bridgehead atoms. The SMILES string of the molecule is CC(C)CCC(O)COC(C)C. The fraction of sp³-hybridized carbons (Fsp3) is 1.00. The summed E-state index contributed by atoms with van der Waals surface area (Å²) in [7, 11) is 0. The zero-order chi connectivity index (χ0) is 9.56. The van der Waals surface area contributed by atoms with Gasteiger partial charge in [0.1, 0.15) is 0 Å². The van der Waals surface area contributed by atoms with Crippen molar-refractivity contribution >= 4 is 0 Å². The molecule has 0 radical (unpaired) electrons. The Bertz CT molecular complexity index is 88.0. The first-order valence-corrected chi connectivity index (χ1v) is 4.82. The molecule has 1 atom stereocenters. The van der Waals surface area contributed by atoms with E-state index in [1.165, 1.54) is 0 Å². The van der Waals surface area contributed by atoms with Crippen LogP contribution in [-0.4, -0.2) is 23.9 Å². The van der Waals surface area contributed by atoms with Crippen molar-refractivity contribution in [3.63, 3.8) is 0 Å². The Labute approximate surface area is 75.9 Å². The van der Waals surface area contributed by atoms with Crippen LogP contribution in [0.4, 0.5) is 0 Å². The van der Waals surface area contributed by atoms with E-state index in [0.717, 1.165) is 12.8 Å². The molecule has 0 rings (SSSR count). The number of ether oxygens (including phenoxy) is 1. The van der Waals surface area contributed by atoms with Gasteiger partial charge in [0, 0.05) is 0 Å². The van der Waals surface area contributed by atoms with Crippen LogP contribution >= 0.6 is 0 Å². The molecule has 2 nitrogen and oxygen atoms in total. The molecule has 0 heterocycles. The minimum Gasteiger partial charge on any atom is -0.391 e. The van der Waals surface area contributed by atoms with Crippen molar-refractivity contribution in [1.82, 2.24) is 0 Å². The molecule has 0 aliphatic carbocycles. The minimum absolute atomic E-state index is 0.221. The average Bonchev–Trinajstić information content (AvgIpc) is 1.96. The van der Waals surface area contributed by atoms with E-state index in [1.54, 1.807) is 0 Å². The van der Waals surface area contributed by atoms with Gasteiger partial charge in [0.15, 0.2) is 0 Å². The zero-order valence-corrected chi connectivity index (χ0v) is 8.71. The molecule has 2 heteroatoms. The van der Waals surface area contributed by atoms with Crippen LogP contribution < -0.4 is 0 Å². The Hall–Kier alpha value is -0.0800. The lowest BCUT2D eigenvalue weighted by Crippen LogP contribution is -2.18. The van der Waals surface area contributed by atoms with Crippen LogP contribution in [0.2, 0.25) is 0 Å². The first kappa shape index (κ1) is 11.9. The molecule has 1 N–H and O–H groups in total. The Morgan fingerprint density at radius 3 is 2.08 bits per heavy atom. The maximum Gasteiger partial charge on any atom is 0.0773 e. The van der Waals surface area contributed by atoms with Gasteiger partial charge >= 0.3 is 0 Å². The largest absolute Gasteiger partial charge is 0.391 e. The van der Waals surface area contributed by atoms with E-state index in [-0.39, 0.29) is 12.2 Å². The molecule has 0 aliphatic heterocycles. The second kappa shape index (κ2) is 6.44. The summed E-state index contributed by atoms with van der Waals surface area (Å²) in [6.45, 7) is 8.76. The molecule has 0 saturated carbocycles. The van der Waals surface area contributed by atoms with Gasteiger partial charge in [-0.2, -0.15) is 0 Å². The Balaban J connectivity index is 3.27. The molecule has 74 valence electrons. The number of rotatable bonds is 6. The molecule has 0 aliphatic rings. The molecular weight excluding hydrogens is 152 g/mol. The molecular formula is C10H22O2. The number of aliphatic hydroxyl groups is 1. The van der Waals surface area contributed by atoms with Crippen molar-refractivity contribution in [2.75, 3.05) is 6.61 Å². The average molecular weight is 174 g/mol. The van der Waals surface area contributed by atoms with Crippen molar-refractivity contribution in [2.24, 2.45) is 5.92 Å². The number of aliphatic hydroxyl groups excluding tert-OH is 1. The molecule has 0 aromatic rings. The highest BCUT2D eigenvalue weighted by atomic mass is 16.5. The lowest BCUT2D eigenvalue weighted by atomic mass is 10.1. The third-order valence-corrected chi connectivity index (χ3v) is 1.70. The van der Waals surface area contributed by atoms with E-state index in [0.29, 0.717) is 12.5 Å². The molecule has 12 heavy (non-hydrogen) atoms. The smallest absolute Gasteiger partial charge is 0.0773 e. The van der Waals surface area contributed by atoms with Gasteiger partial charge in [-0.25, -0.2) is 0 Å². The summed E-state index contributed by atoms with van der Waals surface area (Å²) in [5.74, 6) is 0.665. The maximum atomic E-state index is 9.42. The Morgan fingerprint density at radius 1 is 1.08 bits per heavy atom. The first-order valence-electron chi connectivity index (χ1n) is 4.82. The lowest BCUT2D eigenvalue weighted by molar-refractivity contribution is 0.000857. The van der Waals surface area contributed by atoms with Crippen molar-refractivity contribution in [1.29, 1.82) is 0 Å². The summed E-state index contributed by atoms with van der Waals surface area (Å²) >= 11 is 0. The predicted octanol–water partition coefficient (Wildman–Crippen LogP) is 2.21. The normalized spacial score (nSPS) is 14.2. The van der Waals surface area contributed by atoms with E-state index in [1.807, 2.05) is 13.8 Å². The van der Waals surface area contributed by atoms with Crippen LogP contribution in [-0.2, 0) is 4.74 Å². The third-order valence-electron chi connectivity index (χ3n) is 1.70. The summed E-state index contributed by atoms with van der Waals surface area (Å²) in [5, 5.41) is 9.42. The molecule has 0 saturated heterocycles. The molecule has 0 aromatic heterocycles. The maximum absolute atomic E-state index is 9.42. The van der Waals surface area contributed by atoms with Crippen molar-refractivity contribution in [3.05, 3.63) is 0 Å². The van der Waals surface area contributed by atoms with Crippen LogP contribution in [0.3, 0.4) is 0 Å². The van der Waals surface area contributed by atoms with Crippen LogP contribution in [0.5, 0.6) is 0 Å². The van der Waals surface area contributed by atoms with Crippen molar-refractivity contribution in [2.45, 2.75) is 52.7 Å². The number of hydrogen-bond donors (Lipinski definition) is 1. The second-order valence-corrected chi connectivity index (χ2v) is 4.01. The van der Waals surface area contributed by atoms with Gasteiger partial charge in [-0.05, 0) is 32.6 Å². The predicted molar refractivity (Wildman–Crippen MR) is 51.2 cm³/mol. The van der Waals surface area contributed by atoms with Gasteiger partial charge in [-0.1, -0.05) is 13.8 Å². The highest BCUT2D eigenvalue weighted by Gasteiger charge is 2.06. The third kappa shape index (κ3) is 8.02. The van der Waals surface area contributed by atoms with E-state index in [4.69, 9.17) is 4.74 Å². The Morgan fingerprint density at radius 2 is 1.67 bits per heavy atom. The van der Waals surface area contributed by atoms with Crippen molar-refractivity contribution in [3.8, 4) is 0 Å². The van der Waals surface area contributed by atoms with E-state index < -0.39 is 0 Å². The fourth-order valence-corrected chi connectivity index (χ4v) is 0.913. The quantitative estimate of drug-likeness (QED) is 0.669. The zero-order valence-electron chi connectivity index (χ0n) is 8.71. The summed E-state index contributed by atoms with van der Waals surface area (Å²) < 4.78 is 5.29. The summed E-state index contributed by atoms with van der Waals surface area (Å²) in [4.78, 5) is 0. The molecule has 1 unspecified atom stereocenters. The van der Waals surface area contributed by atoms with Crippen LogP contribution in [0, 0.1) is 5.92 Å². The number of hydrogen-bond acceptors (Lipinski definition) is 2. The van der Waals surface area contributed by atoms with Gasteiger partial charge < -0.3 is 9.84 Å². The van der Waals surface area contributed by atoms with Crippen LogP contribution in [0.25, 0.3) is 0 Å². The first-order chi connectivity index (χ1) is 5.52. The lowest BCUT2D eigenvalue weighted by Gasteiger charge is -2.14. The summed E-state index contributed by atoms with van der Waals surface area (Å²) in [6.07, 6.45) is 1.86. The van der Waals surface area contributed by atoms with Gasteiger partial charge in [0.2, 0.25) is 0 Å². The molecule has 0 amide bonds. The minimum atomic E-state index is -0.283. The topological polar surface area (TPSA) is 29.5 Å². The molecule has 0 fully saturated rings. The Kier molecular flexibility index (Phi) is 6.39. The summed E-state index contributed by atoms with van der Waals surface area (Å²) in [6, 6.07) is 0. The van der Waals surface area contributed by atoms with Gasteiger partial charge in [-0.15, -0.1) is 0 Å². The van der Waals surface area contributed by atoms with E-state index >= 15 is 0 Å². The summed E-state index contributed by atoms with van der Waals surface area (Å²) in [5.41, 5.74) is 0. The van der Waals surface area contributed by atoms with Crippen LogP contribution in [0.1, 0.15) is 40.5 Å². The fourth-order valence-electron chi connectivity index (χ4n) is 0.913. The van der Waals surface area contributed by atoms with E-state index in [2.05, 4.69) is 13.8 Å². The van der Waals surface area contributed by atoms with E-state index in [9.17, 15) is 5.11 Å². The monoisotopic (exact) mass is 174 g/mol. The highest BCUT2D eigenvalue weighted by molar-refractivity contribution is 4.56. The second-order valence-electron chi connectivity index (χ2n) is 4.01. The molecule has 0 spiro atoms. The van der Waals surface area contributed by atoms with Gasteiger partial charge in [-0.3, -0.25) is 0 Å². The highest BCUT2D eigenvalue weighted by Crippen LogP contribution is 2.07. The van der Waals surface area contributed by atoms with Crippen molar-refractivity contribution < 1.29 is 9.84 Å².